The Hall–Kier alpha value is -3.80. The third kappa shape index (κ3) is 6.27. The van der Waals surface area contributed by atoms with Crippen molar-refractivity contribution in [1.82, 2.24) is 24.6 Å². The molecule has 0 aliphatic carbocycles. The Balaban J connectivity index is 1.55. The lowest BCUT2D eigenvalue weighted by molar-refractivity contribution is -0.149. The van der Waals surface area contributed by atoms with Crippen LogP contribution in [0.1, 0.15) is 27.0 Å². The van der Waals surface area contributed by atoms with Gasteiger partial charge in [0.2, 0.25) is 5.95 Å². The molecule has 5 N–H and O–H groups in total. The Labute approximate surface area is 222 Å². The predicted molar refractivity (Wildman–Crippen MR) is 136 cm³/mol. The number of H-pyrrole nitrogens is 1. The Bertz CT molecular complexity index is 1470. The molecule has 3 heterocycles. The monoisotopic (exact) mass is 561 g/mol. The lowest BCUT2D eigenvalue weighted by atomic mass is 10.0. The maximum atomic E-state index is 13.7. The molecule has 6 atom stereocenters. The normalized spacial score (nSPS) is 23.3. The number of imidazole rings is 1. The molecule has 16 heteroatoms. The van der Waals surface area contributed by atoms with Crippen LogP contribution in [0.25, 0.3) is 11.2 Å². The number of carbonyl (C=O) groups excluding carboxylic acids is 1. The summed E-state index contributed by atoms with van der Waals surface area (Å²) >= 11 is 0. The maximum absolute atomic E-state index is 13.7. The summed E-state index contributed by atoms with van der Waals surface area (Å²) in [6.07, 6.45) is -2.85. The van der Waals surface area contributed by atoms with Crippen LogP contribution in [-0.4, -0.2) is 61.6 Å². The summed E-state index contributed by atoms with van der Waals surface area (Å²) in [6, 6.07) is 9.03. The largest absolute Gasteiger partial charge is 0.462 e. The van der Waals surface area contributed by atoms with Crippen LogP contribution in [0, 0.1) is 17.2 Å². The lowest BCUT2D eigenvalue weighted by Gasteiger charge is -2.25. The van der Waals surface area contributed by atoms with Crippen molar-refractivity contribution in [3.05, 3.63) is 47.0 Å². The minimum atomic E-state index is -4.25. The van der Waals surface area contributed by atoms with Crippen LogP contribution in [0.4, 0.5) is 5.95 Å². The SMILES string of the molecule is CC(C)OC(=O)[C@@H](C)NP(=O)(OC[C@H]1O[C@@H](n2cnc3c(=O)[nH]c(N)nc32)[C@H](C#N)[C@@H]1O)Oc1ccccc1. The van der Waals surface area contributed by atoms with Crippen molar-refractivity contribution in [2.24, 2.45) is 5.92 Å². The van der Waals surface area contributed by atoms with Gasteiger partial charge in [-0.1, -0.05) is 18.2 Å². The molecular weight excluding hydrogens is 533 g/mol. The molecule has 0 bridgehead atoms. The Morgan fingerprint density at radius 1 is 1.36 bits per heavy atom. The molecule has 0 radical (unpaired) electrons. The second kappa shape index (κ2) is 11.5. The Morgan fingerprint density at radius 2 is 2.08 bits per heavy atom. The van der Waals surface area contributed by atoms with E-state index >= 15 is 0 Å². The number of rotatable bonds is 10. The molecule has 15 nitrogen and oxygen atoms in total. The molecule has 1 unspecified atom stereocenters. The standard InChI is InChI=1S/C23H28N7O8P/c1-12(2)36-22(33)13(3)29-39(34,38-14-7-5-4-6-8-14)35-10-16-18(31)15(9-24)21(37-16)30-11-26-17-19(30)27-23(25)28-20(17)32/h4-8,11-13,15-16,18,21,31H,10H2,1-3H3,(H,29,34)(H3,25,27,28,32)/t13-,15-,16-,18+,21-,39?/m1/s1. The molecule has 1 aromatic carbocycles. The molecule has 1 saturated heterocycles. The molecule has 208 valence electrons. The molecule has 1 fully saturated rings. The molecular formula is C23H28N7O8P. The van der Waals surface area contributed by atoms with E-state index in [-0.39, 0.29) is 22.9 Å². The van der Waals surface area contributed by atoms with Crippen LogP contribution in [0.3, 0.4) is 0 Å². The number of hydrogen-bond donors (Lipinski definition) is 4. The number of para-hydroxylation sites is 1. The van der Waals surface area contributed by atoms with Crippen molar-refractivity contribution >= 4 is 30.8 Å². The minimum absolute atomic E-state index is 0.0362. The van der Waals surface area contributed by atoms with Gasteiger partial charge < -0.3 is 24.8 Å². The number of anilines is 1. The van der Waals surface area contributed by atoms with Gasteiger partial charge in [-0.3, -0.25) is 23.7 Å². The lowest BCUT2D eigenvalue weighted by Crippen LogP contribution is -2.37. The first-order chi connectivity index (χ1) is 18.5. The number of nitrogens with zero attached hydrogens (tertiary/aromatic N) is 4. The van der Waals surface area contributed by atoms with Crippen molar-refractivity contribution in [1.29, 1.82) is 5.26 Å². The topological polar surface area (TPSA) is 217 Å². The number of carbonyl (C=O) groups is 1. The third-order valence-electron chi connectivity index (χ3n) is 5.68. The number of aliphatic hydroxyl groups excluding tert-OH is 1. The smallest absolute Gasteiger partial charge is 0.459 e. The van der Waals surface area contributed by atoms with Crippen molar-refractivity contribution in [2.45, 2.75) is 51.4 Å². The second-order valence-electron chi connectivity index (χ2n) is 9.02. The van der Waals surface area contributed by atoms with Crippen LogP contribution in [0.15, 0.2) is 41.5 Å². The highest BCUT2D eigenvalue weighted by Gasteiger charge is 2.47. The zero-order valence-corrected chi connectivity index (χ0v) is 22.1. The van der Waals surface area contributed by atoms with Crippen LogP contribution in [0.5, 0.6) is 5.75 Å². The molecule has 0 spiro atoms. The van der Waals surface area contributed by atoms with Gasteiger partial charge in [0.25, 0.3) is 5.56 Å². The zero-order chi connectivity index (χ0) is 28.3. The number of aromatic amines is 1. The van der Waals surface area contributed by atoms with Gasteiger partial charge in [-0.15, -0.1) is 0 Å². The number of nitrogens with two attached hydrogens (primary N) is 1. The van der Waals surface area contributed by atoms with Gasteiger partial charge in [-0.05, 0) is 32.9 Å². The quantitative estimate of drug-likeness (QED) is 0.202. The van der Waals surface area contributed by atoms with Crippen molar-refractivity contribution in [3.63, 3.8) is 0 Å². The van der Waals surface area contributed by atoms with Gasteiger partial charge in [-0.25, -0.2) is 9.55 Å². The number of esters is 1. The second-order valence-corrected chi connectivity index (χ2v) is 10.7. The summed E-state index contributed by atoms with van der Waals surface area (Å²) in [5, 5.41) is 23.2. The van der Waals surface area contributed by atoms with E-state index in [4.69, 9.17) is 24.3 Å². The summed E-state index contributed by atoms with van der Waals surface area (Å²) in [4.78, 5) is 34.9. The average Bonchev–Trinajstić information content (AvgIpc) is 3.43. The number of ether oxygens (including phenoxy) is 2. The van der Waals surface area contributed by atoms with Crippen molar-refractivity contribution in [2.75, 3.05) is 12.3 Å². The number of nitrogen functional groups attached to an aromatic ring is 1. The highest BCUT2D eigenvalue weighted by molar-refractivity contribution is 7.52. The number of aromatic nitrogens is 4. The fourth-order valence-corrected chi connectivity index (χ4v) is 5.40. The van der Waals surface area contributed by atoms with Gasteiger partial charge >= 0.3 is 13.7 Å². The van der Waals surface area contributed by atoms with E-state index in [1.165, 1.54) is 17.8 Å². The highest BCUT2D eigenvalue weighted by atomic mass is 31.2. The number of nitriles is 1. The summed E-state index contributed by atoms with van der Waals surface area (Å²) in [5.41, 5.74) is 5.08. The molecule has 3 aromatic rings. The Morgan fingerprint density at radius 3 is 2.74 bits per heavy atom. The zero-order valence-electron chi connectivity index (χ0n) is 21.3. The third-order valence-corrected chi connectivity index (χ3v) is 7.32. The summed E-state index contributed by atoms with van der Waals surface area (Å²) in [5.74, 6) is -1.80. The van der Waals surface area contributed by atoms with Crippen LogP contribution < -0.4 is 20.9 Å². The fourth-order valence-electron chi connectivity index (χ4n) is 3.90. The first-order valence-corrected chi connectivity index (χ1v) is 13.5. The molecule has 0 saturated carbocycles. The van der Waals surface area contributed by atoms with E-state index in [1.54, 1.807) is 44.2 Å². The van der Waals surface area contributed by atoms with Crippen molar-refractivity contribution < 1.29 is 33.0 Å². The predicted octanol–water partition coefficient (Wildman–Crippen LogP) is 1.23. The Kier molecular flexibility index (Phi) is 8.34. The first-order valence-electron chi connectivity index (χ1n) is 11.9. The first kappa shape index (κ1) is 28.2. The van der Waals surface area contributed by atoms with Gasteiger partial charge in [0, 0.05) is 0 Å². The molecule has 2 aromatic heterocycles. The van der Waals surface area contributed by atoms with E-state index in [9.17, 15) is 24.5 Å². The molecule has 4 rings (SSSR count). The number of nitrogens with one attached hydrogen (secondary N) is 2. The fraction of sp³-hybridized carbons (Fsp3) is 0.435. The van der Waals surface area contributed by atoms with E-state index in [0.29, 0.717) is 0 Å². The van der Waals surface area contributed by atoms with Crippen molar-refractivity contribution in [3.8, 4) is 11.8 Å². The molecule has 1 aliphatic heterocycles. The van der Waals surface area contributed by atoms with E-state index in [0.717, 1.165) is 0 Å². The maximum Gasteiger partial charge on any atom is 0.459 e. The molecule has 39 heavy (non-hydrogen) atoms. The average molecular weight is 561 g/mol. The summed E-state index contributed by atoms with van der Waals surface area (Å²) in [6.45, 7) is 4.28. The summed E-state index contributed by atoms with van der Waals surface area (Å²) in [7, 11) is -4.25. The number of benzene rings is 1. The van der Waals surface area contributed by atoms with Crippen LogP contribution in [0.2, 0.25) is 0 Å². The van der Waals surface area contributed by atoms with Crippen LogP contribution in [-0.2, 0) is 23.4 Å². The van der Waals surface area contributed by atoms with Gasteiger partial charge in [0.1, 0.15) is 29.9 Å². The summed E-state index contributed by atoms with van der Waals surface area (Å²) < 4.78 is 37.3. The van der Waals surface area contributed by atoms with Crippen LogP contribution >= 0.6 is 7.75 Å². The van der Waals surface area contributed by atoms with E-state index in [1.807, 2.05) is 6.07 Å². The van der Waals surface area contributed by atoms with E-state index in [2.05, 4.69) is 20.0 Å². The highest BCUT2D eigenvalue weighted by Crippen LogP contribution is 2.46. The van der Waals surface area contributed by atoms with Gasteiger partial charge in [0.15, 0.2) is 17.4 Å². The molecule has 1 aliphatic rings. The van der Waals surface area contributed by atoms with E-state index < -0.39 is 62.4 Å². The molecule has 0 amide bonds. The number of fused-ring (bicyclic) bond motifs is 1. The number of hydrogen-bond acceptors (Lipinski definition) is 12. The van der Waals surface area contributed by atoms with Gasteiger partial charge in [-0.2, -0.15) is 15.3 Å². The minimum Gasteiger partial charge on any atom is -0.462 e. The number of aliphatic hydroxyl groups is 1. The van der Waals surface area contributed by atoms with Gasteiger partial charge in [0.05, 0.1) is 25.1 Å².